The van der Waals surface area contributed by atoms with Crippen LogP contribution < -0.4 is 9.47 Å². The highest BCUT2D eigenvalue weighted by Crippen LogP contribution is 2.45. The largest absolute Gasteiger partial charge is 0.507 e. The number of nitrogens with zero attached hydrogens (tertiary/aromatic N) is 1. The number of aromatic amines is 1. The third-order valence-corrected chi connectivity index (χ3v) is 6.68. The zero-order valence-electron chi connectivity index (χ0n) is 20.5. The van der Waals surface area contributed by atoms with Crippen LogP contribution in [0.3, 0.4) is 0 Å². The number of aliphatic hydroxyl groups excluding tert-OH is 1. The summed E-state index contributed by atoms with van der Waals surface area (Å²) in [6.45, 7) is 1.90. The lowest BCUT2D eigenvalue weighted by Gasteiger charge is -2.26. The number of carbonyl (C=O) groups is 2. The summed E-state index contributed by atoms with van der Waals surface area (Å²) in [4.78, 5) is 31.7. The van der Waals surface area contributed by atoms with Crippen LogP contribution in [0.5, 0.6) is 11.5 Å². The zero-order chi connectivity index (χ0) is 26.3. The van der Waals surface area contributed by atoms with Crippen molar-refractivity contribution in [3.63, 3.8) is 0 Å². The lowest BCUT2D eigenvalue weighted by atomic mass is 9.93. The molecule has 1 saturated heterocycles. The van der Waals surface area contributed by atoms with Crippen LogP contribution in [0.1, 0.15) is 28.4 Å². The van der Waals surface area contributed by atoms with Crippen molar-refractivity contribution in [1.29, 1.82) is 0 Å². The molecule has 0 spiro atoms. The number of H-pyrrole nitrogens is 1. The molecule has 7 nitrogen and oxygen atoms in total. The molecule has 1 aromatic heterocycles. The summed E-state index contributed by atoms with van der Waals surface area (Å²) in [5.41, 5.74) is 3.09. The number of rotatable bonds is 6. The number of aromatic nitrogens is 1. The lowest BCUT2D eigenvalue weighted by molar-refractivity contribution is -0.140. The third-order valence-electron chi connectivity index (χ3n) is 6.68. The highest BCUT2D eigenvalue weighted by Gasteiger charge is 2.47. The van der Waals surface area contributed by atoms with E-state index >= 15 is 0 Å². The van der Waals surface area contributed by atoms with Gasteiger partial charge in [0.25, 0.3) is 11.7 Å². The molecule has 0 aliphatic carbocycles. The predicted octanol–water partition coefficient (Wildman–Crippen LogP) is 5.25. The van der Waals surface area contributed by atoms with Gasteiger partial charge in [-0.05, 0) is 48.9 Å². The van der Waals surface area contributed by atoms with Gasteiger partial charge in [0.05, 0.1) is 31.4 Å². The molecule has 0 radical (unpaired) electrons. The van der Waals surface area contributed by atoms with E-state index in [-0.39, 0.29) is 23.4 Å². The summed E-state index contributed by atoms with van der Waals surface area (Å²) in [7, 11) is 2.94. The zero-order valence-corrected chi connectivity index (χ0v) is 20.5. The average Bonchev–Trinajstić information content (AvgIpc) is 3.36. The fourth-order valence-electron chi connectivity index (χ4n) is 4.92. The Morgan fingerprint density at radius 2 is 1.76 bits per heavy atom. The van der Waals surface area contributed by atoms with Crippen LogP contribution in [0.2, 0.25) is 0 Å². The van der Waals surface area contributed by atoms with Gasteiger partial charge in [0, 0.05) is 28.7 Å². The number of ketones is 1. The third kappa shape index (κ3) is 4.10. The molecule has 1 amide bonds. The van der Waals surface area contributed by atoms with E-state index in [1.807, 2.05) is 31.2 Å². The van der Waals surface area contributed by atoms with Crippen LogP contribution in [-0.2, 0) is 16.1 Å². The maximum Gasteiger partial charge on any atom is 0.295 e. The van der Waals surface area contributed by atoms with Crippen molar-refractivity contribution in [3.8, 4) is 11.5 Å². The van der Waals surface area contributed by atoms with E-state index in [1.165, 1.54) is 31.3 Å². The smallest absolute Gasteiger partial charge is 0.295 e. The highest BCUT2D eigenvalue weighted by molar-refractivity contribution is 6.46. The number of hydrogen-bond acceptors (Lipinski definition) is 5. The number of hydrogen-bond donors (Lipinski definition) is 2. The molecule has 8 heteroatoms. The fourth-order valence-corrected chi connectivity index (χ4v) is 4.92. The van der Waals surface area contributed by atoms with Gasteiger partial charge in [0.2, 0.25) is 0 Å². The topological polar surface area (TPSA) is 91.9 Å². The Bertz CT molecular complexity index is 1550. The molecule has 1 aliphatic heterocycles. The van der Waals surface area contributed by atoms with Crippen molar-refractivity contribution >= 4 is 28.4 Å². The number of methoxy groups -OCH3 is 2. The standard InChI is InChI=1S/C29H25FN2O5/c1-16-24(20-6-4-5-7-22(20)31-16)26-25(27(33)21-14-19(36-2)12-13-23(21)37-3)28(34)29(35)32(26)15-17-8-10-18(30)11-9-17/h4-14,26,31,33H,15H2,1-3H3/b27-25+. The molecule has 2 heterocycles. The number of aliphatic hydroxyl groups is 1. The molecule has 37 heavy (non-hydrogen) atoms. The van der Waals surface area contributed by atoms with E-state index in [9.17, 15) is 19.1 Å². The maximum absolute atomic E-state index is 13.6. The quantitative estimate of drug-likeness (QED) is 0.214. The van der Waals surface area contributed by atoms with Gasteiger partial charge < -0.3 is 24.5 Å². The molecule has 5 rings (SSSR count). The summed E-state index contributed by atoms with van der Waals surface area (Å²) in [5.74, 6) is -1.59. The number of ether oxygens (including phenoxy) is 2. The van der Waals surface area contributed by atoms with Crippen molar-refractivity contribution in [3.05, 3.63) is 101 Å². The Morgan fingerprint density at radius 3 is 2.46 bits per heavy atom. The van der Waals surface area contributed by atoms with E-state index in [1.54, 1.807) is 30.3 Å². The molecule has 1 fully saturated rings. The van der Waals surface area contributed by atoms with Crippen molar-refractivity contribution in [2.45, 2.75) is 19.5 Å². The van der Waals surface area contributed by atoms with E-state index in [0.29, 0.717) is 22.6 Å². The van der Waals surface area contributed by atoms with Crippen molar-refractivity contribution in [2.75, 3.05) is 14.2 Å². The van der Waals surface area contributed by atoms with Gasteiger partial charge in [-0.2, -0.15) is 0 Å². The van der Waals surface area contributed by atoms with Gasteiger partial charge in [-0.1, -0.05) is 30.3 Å². The van der Waals surface area contributed by atoms with Crippen LogP contribution >= 0.6 is 0 Å². The molecule has 3 aromatic carbocycles. The van der Waals surface area contributed by atoms with E-state index < -0.39 is 23.5 Å². The number of carbonyl (C=O) groups excluding carboxylic acids is 2. The molecule has 0 bridgehead atoms. The van der Waals surface area contributed by atoms with Gasteiger partial charge in [-0.15, -0.1) is 0 Å². The van der Waals surface area contributed by atoms with Gasteiger partial charge >= 0.3 is 0 Å². The first-order chi connectivity index (χ1) is 17.8. The number of amides is 1. The van der Waals surface area contributed by atoms with Crippen LogP contribution in [0, 0.1) is 12.7 Å². The maximum atomic E-state index is 13.6. The summed E-state index contributed by atoms with van der Waals surface area (Å²) in [5, 5.41) is 12.4. The molecular weight excluding hydrogens is 475 g/mol. The van der Waals surface area contributed by atoms with Crippen molar-refractivity contribution in [1.82, 2.24) is 9.88 Å². The first-order valence-electron chi connectivity index (χ1n) is 11.7. The number of likely N-dealkylation sites (tertiary alicyclic amines) is 1. The first kappa shape index (κ1) is 24.1. The minimum Gasteiger partial charge on any atom is -0.507 e. The minimum atomic E-state index is -0.905. The number of aryl methyl sites for hydroxylation is 1. The number of fused-ring (bicyclic) bond motifs is 1. The van der Waals surface area contributed by atoms with E-state index in [2.05, 4.69) is 4.98 Å². The summed E-state index contributed by atoms with van der Waals surface area (Å²) in [6.07, 6.45) is 0. The first-order valence-corrected chi connectivity index (χ1v) is 11.7. The Hall–Kier alpha value is -4.59. The number of halogens is 1. The van der Waals surface area contributed by atoms with Crippen LogP contribution in [-0.4, -0.2) is 40.9 Å². The monoisotopic (exact) mass is 500 g/mol. The number of Topliss-reactive ketones (excluding diaryl/α,β-unsaturated/α-hetero) is 1. The van der Waals surface area contributed by atoms with Gasteiger partial charge in [0.1, 0.15) is 23.1 Å². The molecule has 1 atom stereocenters. The number of nitrogens with one attached hydrogen (secondary N) is 1. The Labute approximate surface area is 212 Å². The van der Waals surface area contributed by atoms with Crippen LogP contribution in [0.25, 0.3) is 16.7 Å². The molecule has 1 aliphatic rings. The molecule has 188 valence electrons. The van der Waals surface area contributed by atoms with Crippen LogP contribution in [0.4, 0.5) is 4.39 Å². The normalized spacial score (nSPS) is 17.0. The molecular formula is C29H25FN2O5. The van der Waals surface area contributed by atoms with Crippen molar-refractivity contribution in [2.24, 2.45) is 0 Å². The lowest BCUT2D eigenvalue weighted by Crippen LogP contribution is -2.29. The fraction of sp³-hybridized carbons (Fsp3) is 0.172. The Kier molecular flexibility index (Phi) is 6.17. The molecule has 2 N–H and O–H groups in total. The highest BCUT2D eigenvalue weighted by atomic mass is 19.1. The summed E-state index contributed by atoms with van der Waals surface area (Å²) >= 11 is 0. The van der Waals surface area contributed by atoms with E-state index in [4.69, 9.17) is 9.47 Å². The predicted molar refractivity (Wildman–Crippen MR) is 137 cm³/mol. The molecule has 1 unspecified atom stereocenters. The van der Waals surface area contributed by atoms with Crippen LogP contribution in [0.15, 0.2) is 72.3 Å². The van der Waals surface area contributed by atoms with E-state index in [0.717, 1.165) is 16.6 Å². The second-order valence-electron chi connectivity index (χ2n) is 8.83. The second-order valence-corrected chi connectivity index (χ2v) is 8.83. The van der Waals surface area contributed by atoms with Gasteiger partial charge in [-0.3, -0.25) is 9.59 Å². The number of para-hydroxylation sites is 1. The second kappa shape index (κ2) is 9.46. The number of benzene rings is 3. The molecule has 4 aromatic rings. The SMILES string of the molecule is COc1ccc(OC)c(/C(O)=C2\C(=O)C(=O)N(Cc3ccc(F)cc3)C2c2c(C)[nH]c3ccccc23)c1. The van der Waals surface area contributed by atoms with Gasteiger partial charge in [-0.25, -0.2) is 4.39 Å². The van der Waals surface area contributed by atoms with Gasteiger partial charge in [0.15, 0.2) is 0 Å². The Morgan fingerprint density at radius 1 is 1.03 bits per heavy atom. The summed E-state index contributed by atoms with van der Waals surface area (Å²) in [6, 6.07) is 17.3. The summed E-state index contributed by atoms with van der Waals surface area (Å²) < 4.78 is 24.3. The molecule has 0 saturated carbocycles. The average molecular weight is 501 g/mol. The minimum absolute atomic E-state index is 0.0422. The van der Waals surface area contributed by atoms with Crippen molar-refractivity contribution < 1.29 is 28.6 Å². The Balaban J connectivity index is 1.76.